The number of rotatable bonds is 9. The number of benzene rings is 2. The molecule has 0 bridgehead atoms. The van der Waals surface area contributed by atoms with Crippen molar-refractivity contribution in [1.82, 2.24) is 4.90 Å². The predicted molar refractivity (Wildman–Crippen MR) is 176 cm³/mol. The molecule has 5 rings (SSSR count). The van der Waals surface area contributed by atoms with Crippen molar-refractivity contribution in [2.75, 3.05) is 26.9 Å². The van der Waals surface area contributed by atoms with Gasteiger partial charge in [-0.2, -0.15) is 8.42 Å². The summed E-state index contributed by atoms with van der Waals surface area (Å²) in [5.41, 5.74) is 3.17. The van der Waals surface area contributed by atoms with Crippen LogP contribution < -0.4 is 8.92 Å². The number of carbonyl (C=O) groups excluding carboxylic acids is 2. The zero-order valence-electron chi connectivity index (χ0n) is 26.5. The molecule has 0 fully saturated rings. The minimum absolute atomic E-state index is 0.00224. The maximum atomic E-state index is 14.1. The number of allylic oxidation sites excluding steroid dienone is 4. The molecular weight excluding hydrogens is 682 g/mol. The van der Waals surface area contributed by atoms with Gasteiger partial charge in [-0.05, 0) is 88.5 Å². The lowest BCUT2D eigenvalue weighted by Crippen LogP contribution is -2.45. The predicted octanol–water partition coefficient (Wildman–Crippen LogP) is 7.60. The van der Waals surface area contributed by atoms with Crippen LogP contribution in [0.5, 0.6) is 11.5 Å². The highest BCUT2D eigenvalue weighted by Gasteiger charge is 2.49. The molecule has 0 saturated heterocycles. The van der Waals surface area contributed by atoms with Crippen LogP contribution in [0.3, 0.4) is 0 Å². The van der Waals surface area contributed by atoms with Gasteiger partial charge in [-0.1, -0.05) is 39.3 Å². The van der Waals surface area contributed by atoms with E-state index in [4.69, 9.17) is 25.3 Å². The number of Topliss-reactive ketones (excluding diaryl/α,β-unsaturated/α-hetero) is 2. The molecule has 0 unspecified atom stereocenters. The molecule has 0 radical (unpaired) electrons. The summed E-state index contributed by atoms with van der Waals surface area (Å²) in [6.07, 6.45) is 2.03. The Kier molecular flexibility index (Phi) is 9.37. The van der Waals surface area contributed by atoms with Crippen molar-refractivity contribution in [1.29, 1.82) is 0 Å². The standard InChI is InChI=1S/C34H39BrClNO7S/c1-7-43-28-15-20(14-23(35)32(28)44-45(40,41)22-10-8-21(36)9-11-22)29-30-24(16-33(2,3)18-26(30)38)37(12-13-42-6)25-17-34(4,5)19-27(39)31(25)29/h8-11,14-15,29H,7,12-13,16-19H2,1-6H3. The van der Waals surface area contributed by atoms with Gasteiger partial charge in [-0.3, -0.25) is 9.59 Å². The Morgan fingerprint density at radius 3 is 2.00 bits per heavy atom. The first-order valence-corrected chi connectivity index (χ1v) is 17.6. The fourth-order valence-corrected chi connectivity index (χ4v) is 8.42. The van der Waals surface area contributed by atoms with Crippen molar-refractivity contribution < 1.29 is 31.7 Å². The van der Waals surface area contributed by atoms with Gasteiger partial charge in [0.2, 0.25) is 0 Å². The second-order valence-corrected chi connectivity index (χ2v) is 16.3. The molecule has 1 heterocycles. The van der Waals surface area contributed by atoms with Gasteiger partial charge in [-0.25, -0.2) is 0 Å². The molecule has 0 saturated carbocycles. The van der Waals surface area contributed by atoms with Gasteiger partial charge in [-0.15, -0.1) is 0 Å². The largest absolute Gasteiger partial charge is 0.490 e. The lowest BCUT2D eigenvalue weighted by molar-refractivity contribution is -0.119. The van der Waals surface area contributed by atoms with Crippen LogP contribution in [0.25, 0.3) is 0 Å². The average Bonchev–Trinajstić information content (AvgIpc) is 2.92. The fourth-order valence-electron chi connectivity index (χ4n) is 6.69. The smallest absolute Gasteiger partial charge is 0.339 e. The van der Waals surface area contributed by atoms with Gasteiger partial charge in [0.1, 0.15) is 4.90 Å². The highest BCUT2D eigenvalue weighted by Crippen LogP contribution is 2.55. The Morgan fingerprint density at radius 2 is 1.49 bits per heavy atom. The third kappa shape index (κ3) is 6.75. The van der Waals surface area contributed by atoms with Crippen LogP contribution in [-0.2, 0) is 24.4 Å². The van der Waals surface area contributed by atoms with Crippen LogP contribution in [0.4, 0.5) is 0 Å². The highest BCUT2D eigenvalue weighted by atomic mass is 79.9. The summed E-state index contributed by atoms with van der Waals surface area (Å²) in [7, 11) is -2.60. The van der Waals surface area contributed by atoms with E-state index in [1.165, 1.54) is 24.3 Å². The second kappa shape index (κ2) is 12.5. The van der Waals surface area contributed by atoms with Gasteiger partial charge >= 0.3 is 10.1 Å². The molecule has 2 aliphatic carbocycles. The Hall–Kier alpha value is -2.66. The Morgan fingerprint density at radius 1 is 0.933 bits per heavy atom. The van der Waals surface area contributed by atoms with E-state index in [-0.39, 0.29) is 45.4 Å². The Balaban J connectivity index is 1.70. The Bertz CT molecular complexity index is 1660. The topological polar surface area (TPSA) is 99.2 Å². The normalized spacial score (nSPS) is 19.9. The summed E-state index contributed by atoms with van der Waals surface area (Å²) in [5.74, 6) is -0.491. The van der Waals surface area contributed by atoms with Crippen molar-refractivity contribution in [3.8, 4) is 11.5 Å². The summed E-state index contributed by atoms with van der Waals surface area (Å²) in [6.45, 7) is 11.3. The molecule has 11 heteroatoms. The maximum absolute atomic E-state index is 14.1. The fraction of sp³-hybridized carbons (Fsp3) is 0.471. The van der Waals surface area contributed by atoms with E-state index in [1.54, 1.807) is 26.2 Å². The second-order valence-electron chi connectivity index (χ2n) is 13.4. The number of halogens is 2. The van der Waals surface area contributed by atoms with E-state index >= 15 is 0 Å². The van der Waals surface area contributed by atoms with Crippen LogP contribution in [0.15, 0.2) is 68.3 Å². The van der Waals surface area contributed by atoms with Gasteiger partial charge in [0.15, 0.2) is 23.1 Å². The zero-order valence-corrected chi connectivity index (χ0v) is 29.6. The number of ether oxygens (including phenoxy) is 2. The molecule has 0 aromatic heterocycles. The van der Waals surface area contributed by atoms with E-state index in [0.29, 0.717) is 65.0 Å². The molecule has 45 heavy (non-hydrogen) atoms. The zero-order chi connectivity index (χ0) is 32.9. The summed E-state index contributed by atoms with van der Waals surface area (Å²) >= 11 is 9.50. The number of nitrogens with zero attached hydrogens (tertiary/aromatic N) is 1. The number of methoxy groups -OCH3 is 1. The van der Waals surface area contributed by atoms with Gasteiger partial charge in [0.25, 0.3) is 0 Å². The minimum atomic E-state index is -4.24. The molecule has 0 amide bonds. The summed E-state index contributed by atoms with van der Waals surface area (Å²) < 4.78 is 43.9. The quantitative estimate of drug-likeness (QED) is 0.244. The van der Waals surface area contributed by atoms with Crippen LogP contribution in [0.2, 0.25) is 5.02 Å². The van der Waals surface area contributed by atoms with E-state index in [2.05, 4.69) is 48.5 Å². The van der Waals surface area contributed by atoms with Gasteiger partial charge < -0.3 is 18.6 Å². The first-order chi connectivity index (χ1) is 21.1. The van der Waals surface area contributed by atoms with Crippen LogP contribution in [0.1, 0.15) is 71.8 Å². The molecule has 3 aliphatic rings. The van der Waals surface area contributed by atoms with Crippen molar-refractivity contribution in [3.05, 3.63) is 74.0 Å². The third-order valence-corrected chi connectivity index (χ3v) is 10.6. The number of ketones is 2. The summed E-state index contributed by atoms with van der Waals surface area (Å²) in [6, 6.07) is 9.11. The monoisotopic (exact) mass is 719 g/mol. The number of hydrogen-bond donors (Lipinski definition) is 0. The molecule has 0 spiro atoms. The number of carbonyl (C=O) groups is 2. The molecule has 0 atom stereocenters. The highest BCUT2D eigenvalue weighted by molar-refractivity contribution is 9.10. The first kappa shape index (κ1) is 33.7. The van der Waals surface area contributed by atoms with Crippen LogP contribution >= 0.6 is 27.5 Å². The summed E-state index contributed by atoms with van der Waals surface area (Å²) in [4.78, 5) is 30.3. The first-order valence-electron chi connectivity index (χ1n) is 15.0. The van der Waals surface area contributed by atoms with Crippen LogP contribution in [-0.4, -0.2) is 51.8 Å². The third-order valence-electron chi connectivity index (χ3n) is 8.50. The molecule has 8 nitrogen and oxygen atoms in total. The average molecular weight is 721 g/mol. The van der Waals surface area contributed by atoms with Gasteiger partial charge in [0.05, 0.1) is 17.7 Å². The number of hydrogen-bond acceptors (Lipinski definition) is 8. The van der Waals surface area contributed by atoms with E-state index in [9.17, 15) is 18.0 Å². The molecule has 0 N–H and O–H groups in total. The van der Waals surface area contributed by atoms with Gasteiger partial charge in [0, 0.05) is 60.0 Å². The SMILES string of the molecule is CCOc1cc(C2C3=C(CC(C)(C)CC3=O)N(CCOC)C3=C2C(=O)CC(C)(C)C3)cc(Br)c1OS(=O)(=O)c1ccc(Cl)cc1. The van der Waals surface area contributed by atoms with Crippen molar-refractivity contribution in [2.24, 2.45) is 10.8 Å². The molecule has 2 aromatic carbocycles. The Labute approximate surface area is 279 Å². The molecule has 242 valence electrons. The van der Waals surface area contributed by atoms with Crippen LogP contribution in [0, 0.1) is 10.8 Å². The minimum Gasteiger partial charge on any atom is -0.490 e. The van der Waals surface area contributed by atoms with Crippen molar-refractivity contribution >= 4 is 49.2 Å². The molecule has 1 aliphatic heterocycles. The lowest BCUT2D eigenvalue weighted by atomic mass is 9.63. The molecule has 2 aromatic rings. The van der Waals surface area contributed by atoms with E-state index in [1.807, 2.05) is 0 Å². The lowest BCUT2D eigenvalue weighted by Gasteiger charge is -2.49. The van der Waals surface area contributed by atoms with Crippen molar-refractivity contribution in [3.63, 3.8) is 0 Å². The van der Waals surface area contributed by atoms with E-state index in [0.717, 1.165) is 11.4 Å². The summed E-state index contributed by atoms with van der Waals surface area (Å²) in [5, 5.41) is 0.395. The maximum Gasteiger partial charge on any atom is 0.339 e. The molecular formula is C34H39BrClNO7S. The van der Waals surface area contributed by atoms with E-state index < -0.39 is 16.0 Å². The van der Waals surface area contributed by atoms with Crippen molar-refractivity contribution in [2.45, 2.75) is 71.1 Å².